The third-order valence-corrected chi connectivity index (χ3v) is 8.47. The number of likely N-dealkylation sites (tertiary alicyclic amines) is 1. The van der Waals surface area contributed by atoms with Crippen molar-refractivity contribution in [3.05, 3.63) is 65.7 Å². The van der Waals surface area contributed by atoms with Crippen LogP contribution in [0.3, 0.4) is 0 Å². The normalized spacial score (nSPS) is 16.0. The molecule has 0 bridgehead atoms. The van der Waals surface area contributed by atoms with Gasteiger partial charge < -0.3 is 4.90 Å². The summed E-state index contributed by atoms with van der Waals surface area (Å²) in [4.78, 5) is 14.8. The molecule has 1 amide bonds. The third kappa shape index (κ3) is 5.27. The van der Waals surface area contributed by atoms with E-state index in [1.165, 1.54) is 10.6 Å². The van der Waals surface area contributed by atoms with Crippen molar-refractivity contribution in [2.24, 2.45) is 0 Å². The molecule has 3 rings (SSSR count). The summed E-state index contributed by atoms with van der Waals surface area (Å²) in [6.07, 6.45) is 2.31. The maximum atomic E-state index is 12.9. The predicted octanol–water partition coefficient (Wildman–Crippen LogP) is 2.16. The van der Waals surface area contributed by atoms with E-state index in [0.717, 1.165) is 0 Å². The van der Waals surface area contributed by atoms with Gasteiger partial charge in [-0.2, -0.15) is 0 Å². The molecule has 0 radical (unpaired) electrons. The second kappa shape index (κ2) is 8.87. The van der Waals surface area contributed by atoms with Crippen molar-refractivity contribution in [2.75, 3.05) is 26.4 Å². The molecule has 1 fully saturated rings. The largest absolute Gasteiger partial charge is 0.339 e. The van der Waals surface area contributed by atoms with Crippen LogP contribution >= 0.6 is 0 Å². The van der Waals surface area contributed by atoms with Crippen LogP contribution in [0, 0.1) is 0 Å². The topological polar surface area (TPSA) is 91.8 Å². The fraction of sp³-hybridized carbons (Fsp3) is 0.381. The van der Waals surface area contributed by atoms with E-state index in [4.69, 9.17) is 0 Å². The lowest BCUT2D eigenvalue weighted by Gasteiger charge is -2.35. The molecule has 7 nitrogen and oxygen atoms in total. The van der Waals surface area contributed by atoms with E-state index in [0.29, 0.717) is 37.1 Å². The van der Waals surface area contributed by atoms with E-state index in [9.17, 15) is 21.6 Å². The van der Waals surface area contributed by atoms with Crippen LogP contribution in [0.25, 0.3) is 0 Å². The number of piperidine rings is 1. The Bertz CT molecular complexity index is 1110. The minimum Gasteiger partial charge on any atom is -0.339 e. The summed E-state index contributed by atoms with van der Waals surface area (Å²) in [5, 5.41) is 0. The van der Waals surface area contributed by atoms with Gasteiger partial charge in [0.1, 0.15) is 0 Å². The standard InChI is InChI=1S/C21H26N2O5S2/c1-22(29(2,25)26)19-11-13-23(14-12-19)21(24)18-8-6-7-17(15-18)16-30(27,28)20-9-4-3-5-10-20/h3-10,15,19H,11-14,16H2,1-2H3. The zero-order valence-electron chi connectivity index (χ0n) is 17.1. The van der Waals surface area contributed by atoms with Crippen LogP contribution < -0.4 is 0 Å². The number of sulfone groups is 1. The minimum atomic E-state index is -3.50. The highest BCUT2D eigenvalue weighted by molar-refractivity contribution is 7.90. The number of hydrogen-bond donors (Lipinski definition) is 0. The summed E-state index contributed by atoms with van der Waals surface area (Å²) in [5.41, 5.74) is 0.988. The van der Waals surface area contributed by atoms with E-state index in [2.05, 4.69) is 0 Å². The third-order valence-electron chi connectivity index (χ3n) is 5.42. The van der Waals surface area contributed by atoms with E-state index < -0.39 is 19.9 Å². The number of nitrogens with zero attached hydrogens (tertiary/aromatic N) is 2. The quantitative estimate of drug-likeness (QED) is 0.673. The molecule has 0 atom stereocenters. The highest BCUT2D eigenvalue weighted by Crippen LogP contribution is 2.21. The van der Waals surface area contributed by atoms with Crippen molar-refractivity contribution >= 4 is 25.8 Å². The van der Waals surface area contributed by atoms with Crippen LogP contribution in [-0.4, -0.2) is 64.4 Å². The molecule has 0 saturated carbocycles. The summed E-state index contributed by atoms with van der Waals surface area (Å²) in [5.74, 6) is -0.353. The summed E-state index contributed by atoms with van der Waals surface area (Å²) in [7, 11) is -5.20. The Kier molecular flexibility index (Phi) is 6.64. The Labute approximate surface area is 178 Å². The van der Waals surface area contributed by atoms with Crippen LogP contribution in [0.15, 0.2) is 59.5 Å². The Morgan fingerprint density at radius 3 is 2.23 bits per heavy atom. The van der Waals surface area contributed by atoms with Crippen molar-refractivity contribution < 1.29 is 21.6 Å². The molecule has 0 aliphatic carbocycles. The number of amides is 1. The lowest BCUT2D eigenvalue weighted by molar-refractivity contribution is 0.0686. The van der Waals surface area contributed by atoms with E-state index in [-0.39, 0.29) is 22.6 Å². The van der Waals surface area contributed by atoms with Gasteiger partial charge in [-0.25, -0.2) is 21.1 Å². The second-order valence-corrected chi connectivity index (χ2v) is 11.6. The first-order chi connectivity index (χ1) is 14.1. The number of rotatable bonds is 6. The van der Waals surface area contributed by atoms with Crippen molar-refractivity contribution in [1.82, 2.24) is 9.21 Å². The van der Waals surface area contributed by atoms with Gasteiger partial charge in [0.15, 0.2) is 9.84 Å². The smallest absolute Gasteiger partial charge is 0.253 e. The summed E-state index contributed by atoms with van der Waals surface area (Å²) in [6.45, 7) is 0.909. The van der Waals surface area contributed by atoms with Gasteiger partial charge in [0.25, 0.3) is 5.91 Å². The highest BCUT2D eigenvalue weighted by Gasteiger charge is 2.29. The van der Waals surface area contributed by atoms with Crippen LogP contribution in [0.4, 0.5) is 0 Å². The van der Waals surface area contributed by atoms with Crippen LogP contribution in [-0.2, 0) is 25.6 Å². The van der Waals surface area contributed by atoms with E-state index >= 15 is 0 Å². The molecule has 30 heavy (non-hydrogen) atoms. The lowest BCUT2D eigenvalue weighted by atomic mass is 10.0. The fourth-order valence-electron chi connectivity index (χ4n) is 3.61. The number of sulfonamides is 1. The van der Waals surface area contributed by atoms with Crippen LogP contribution in [0.1, 0.15) is 28.8 Å². The maximum absolute atomic E-state index is 12.9. The molecular formula is C21H26N2O5S2. The Morgan fingerprint density at radius 2 is 1.63 bits per heavy atom. The van der Waals surface area contributed by atoms with Crippen molar-refractivity contribution in [3.63, 3.8) is 0 Å². The molecule has 1 aliphatic rings. The van der Waals surface area contributed by atoms with Gasteiger partial charge in [-0.05, 0) is 42.7 Å². The van der Waals surface area contributed by atoms with E-state index in [1.54, 1.807) is 66.5 Å². The zero-order chi connectivity index (χ0) is 21.9. The maximum Gasteiger partial charge on any atom is 0.253 e. The van der Waals surface area contributed by atoms with Gasteiger partial charge in [-0.3, -0.25) is 4.79 Å². The number of hydrogen-bond acceptors (Lipinski definition) is 5. The van der Waals surface area contributed by atoms with Gasteiger partial charge in [-0.15, -0.1) is 0 Å². The predicted molar refractivity (Wildman–Crippen MR) is 115 cm³/mol. The van der Waals surface area contributed by atoms with E-state index in [1.807, 2.05) is 0 Å². The molecule has 1 aliphatic heterocycles. The molecule has 162 valence electrons. The summed E-state index contributed by atoms with van der Waals surface area (Å²) >= 11 is 0. The molecule has 1 saturated heterocycles. The molecule has 0 aromatic heterocycles. The fourth-order valence-corrected chi connectivity index (χ4v) is 5.72. The molecular weight excluding hydrogens is 424 g/mol. The van der Waals surface area contributed by atoms with Crippen LogP contribution in [0.2, 0.25) is 0 Å². The number of benzene rings is 2. The monoisotopic (exact) mass is 450 g/mol. The molecule has 9 heteroatoms. The van der Waals surface area contributed by atoms with Gasteiger partial charge in [0.05, 0.1) is 16.9 Å². The van der Waals surface area contributed by atoms with Gasteiger partial charge in [0, 0.05) is 31.7 Å². The Morgan fingerprint density at radius 1 is 1.00 bits per heavy atom. The summed E-state index contributed by atoms with van der Waals surface area (Å²) in [6, 6.07) is 14.8. The average molecular weight is 451 g/mol. The van der Waals surface area contributed by atoms with Gasteiger partial charge in [-0.1, -0.05) is 30.3 Å². The lowest BCUT2D eigenvalue weighted by Crippen LogP contribution is -2.47. The first-order valence-corrected chi connectivity index (χ1v) is 13.2. The van der Waals surface area contributed by atoms with Crippen molar-refractivity contribution in [2.45, 2.75) is 29.5 Å². The van der Waals surface area contributed by atoms with Crippen molar-refractivity contribution in [1.29, 1.82) is 0 Å². The van der Waals surface area contributed by atoms with Crippen molar-refractivity contribution in [3.8, 4) is 0 Å². The van der Waals surface area contributed by atoms with Gasteiger partial charge >= 0.3 is 0 Å². The minimum absolute atomic E-state index is 0.119. The average Bonchev–Trinajstić information content (AvgIpc) is 2.72. The number of carbonyl (C=O) groups is 1. The molecule has 2 aromatic rings. The molecule has 2 aromatic carbocycles. The Hall–Kier alpha value is -2.23. The zero-order valence-corrected chi connectivity index (χ0v) is 18.7. The van der Waals surface area contributed by atoms with Gasteiger partial charge in [0.2, 0.25) is 10.0 Å². The van der Waals surface area contributed by atoms with Crippen LogP contribution in [0.5, 0.6) is 0 Å². The second-order valence-electron chi connectivity index (χ2n) is 7.58. The molecule has 0 unspecified atom stereocenters. The first-order valence-electron chi connectivity index (χ1n) is 9.67. The first kappa shape index (κ1) is 22.5. The molecule has 1 heterocycles. The number of carbonyl (C=O) groups excluding carboxylic acids is 1. The molecule has 0 spiro atoms. The SMILES string of the molecule is CN(C1CCN(C(=O)c2cccc(CS(=O)(=O)c3ccccc3)c2)CC1)S(C)(=O)=O. The highest BCUT2D eigenvalue weighted by atomic mass is 32.2. The Balaban J connectivity index is 1.69. The summed E-state index contributed by atoms with van der Waals surface area (Å²) < 4.78 is 50.0. The molecule has 0 N–H and O–H groups in total.